The lowest BCUT2D eigenvalue weighted by Gasteiger charge is -2.17. The molecule has 22 heavy (non-hydrogen) atoms. The van der Waals surface area contributed by atoms with Crippen molar-refractivity contribution in [3.63, 3.8) is 0 Å². The maximum Gasteiger partial charge on any atom is 0.263 e. The standard InChI is InChI=1S/C16H23N3O2S/c1-12(2)10-19-8-7-13(11-19)9-17-16-14-5-3-4-6-15(14)22(20,21)18-16/h3-6,12-13H,7-11H2,1-2H3,(H,17,18). The van der Waals surface area contributed by atoms with Crippen molar-refractivity contribution in [2.75, 3.05) is 26.2 Å². The summed E-state index contributed by atoms with van der Waals surface area (Å²) >= 11 is 0. The van der Waals surface area contributed by atoms with Gasteiger partial charge >= 0.3 is 0 Å². The van der Waals surface area contributed by atoms with Gasteiger partial charge in [0.1, 0.15) is 5.84 Å². The van der Waals surface area contributed by atoms with Crippen LogP contribution in [0.1, 0.15) is 25.8 Å². The fraction of sp³-hybridized carbons (Fsp3) is 0.562. The summed E-state index contributed by atoms with van der Waals surface area (Å²) in [7, 11) is -3.42. The minimum Gasteiger partial charge on any atom is -0.303 e. The smallest absolute Gasteiger partial charge is 0.263 e. The highest BCUT2D eigenvalue weighted by Gasteiger charge is 2.30. The fourth-order valence-corrected chi connectivity index (χ4v) is 4.47. The monoisotopic (exact) mass is 321 g/mol. The third kappa shape index (κ3) is 3.17. The van der Waals surface area contributed by atoms with E-state index in [-0.39, 0.29) is 0 Å². The van der Waals surface area contributed by atoms with E-state index in [1.807, 2.05) is 12.1 Å². The van der Waals surface area contributed by atoms with Gasteiger partial charge in [-0.25, -0.2) is 8.42 Å². The van der Waals surface area contributed by atoms with E-state index in [0.717, 1.165) is 26.1 Å². The van der Waals surface area contributed by atoms with Crippen LogP contribution in [0.2, 0.25) is 0 Å². The predicted molar refractivity (Wildman–Crippen MR) is 87.6 cm³/mol. The van der Waals surface area contributed by atoms with Crippen molar-refractivity contribution in [3.05, 3.63) is 29.8 Å². The molecule has 1 atom stereocenters. The molecule has 0 radical (unpaired) electrons. The van der Waals surface area contributed by atoms with Gasteiger partial charge in [-0.05, 0) is 36.9 Å². The highest BCUT2D eigenvalue weighted by atomic mass is 32.2. The van der Waals surface area contributed by atoms with Crippen LogP contribution in [0.4, 0.5) is 0 Å². The Kier molecular flexibility index (Phi) is 4.23. The third-order valence-corrected chi connectivity index (χ3v) is 5.56. The predicted octanol–water partition coefficient (Wildman–Crippen LogP) is 1.70. The van der Waals surface area contributed by atoms with Crippen molar-refractivity contribution >= 4 is 15.9 Å². The van der Waals surface area contributed by atoms with E-state index in [0.29, 0.717) is 34.7 Å². The Balaban J connectivity index is 1.68. The van der Waals surface area contributed by atoms with Crippen molar-refractivity contribution in [3.8, 4) is 0 Å². The van der Waals surface area contributed by atoms with Crippen LogP contribution >= 0.6 is 0 Å². The second-order valence-corrected chi connectivity index (χ2v) is 8.25. The lowest BCUT2D eigenvalue weighted by molar-refractivity contribution is 0.288. The number of hydrogen-bond acceptors (Lipinski definition) is 4. The summed E-state index contributed by atoms with van der Waals surface area (Å²) in [6.07, 6.45) is 1.14. The largest absolute Gasteiger partial charge is 0.303 e. The van der Waals surface area contributed by atoms with E-state index < -0.39 is 10.0 Å². The molecule has 1 saturated heterocycles. The summed E-state index contributed by atoms with van der Waals surface area (Å²) in [6.45, 7) is 8.46. The van der Waals surface area contributed by atoms with Gasteiger partial charge in [0.25, 0.3) is 10.0 Å². The number of nitrogens with zero attached hydrogens (tertiary/aromatic N) is 2. The lowest BCUT2D eigenvalue weighted by atomic mass is 10.1. The van der Waals surface area contributed by atoms with Crippen LogP contribution in [0, 0.1) is 11.8 Å². The number of fused-ring (bicyclic) bond motifs is 1. The van der Waals surface area contributed by atoms with E-state index in [1.54, 1.807) is 12.1 Å². The van der Waals surface area contributed by atoms with Crippen molar-refractivity contribution in [1.82, 2.24) is 9.62 Å². The zero-order valence-electron chi connectivity index (χ0n) is 13.1. The lowest BCUT2D eigenvalue weighted by Crippen LogP contribution is -2.26. The van der Waals surface area contributed by atoms with E-state index in [4.69, 9.17) is 0 Å². The molecule has 0 bridgehead atoms. The van der Waals surface area contributed by atoms with Gasteiger partial charge in [-0.2, -0.15) is 0 Å². The van der Waals surface area contributed by atoms with Gasteiger partial charge in [-0.3, -0.25) is 9.71 Å². The molecule has 120 valence electrons. The Morgan fingerprint density at radius 1 is 1.36 bits per heavy atom. The van der Waals surface area contributed by atoms with Gasteiger partial charge in [0.05, 0.1) is 4.90 Å². The molecule has 2 aliphatic rings. The molecule has 0 aromatic heterocycles. The highest BCUT2D eigenvalue weighted by molar-refractivity contribution is 7.90. The number of benzene rings is 1. The van der Waals surface area contributed by atoms with E-state index in [9.17, 15) is 8.42 Å². The van der Waals surface area contributed by atoms with Gasteiger partial charge in [-0.15, -0.1) is 0 Å². The van der Waals surface area contributed by atoms with Crippen LogP contribution in [-0.2, 0) is 10.0 Å². The van der Waals surface area contributed by atoms with Crippen LogP contribution < -0.4 is 4.72 Å². The van der Waals surface area contributed by atoms with Crippen LogP contribution in [0.25, 0.3) is 0 Å². The summed E-state index contributed by atoms with van der Waals surface area (Å²) in [5.41, 5.74) is 0.694. The van der Waals surface area contributed by atoms with Crippen LogP contribution in [0.5, 0.6) is 0 Å². The molecule has 1 unspecified atom stereocenters. The molecular formula is C16H23N3O2S. The molecule has 6 heteroatoms. The number of nitrogens with one attached hydrogen (secondary N) is 1. The van der Waals surface area contributed by atoms with Gasteiger partial charge in [0.15, 0.2) is 0 Å². The third-order valence-electron chi connectivity index (χ3n) is 4.16. The molecule has 1 aromatic rings. The molecule has 1 aromatic carbocycles. The van der Waals surface area contributed by atoms with Gasteiger partial charge in [0.2, 0.25) is 0 Å². The normalized spacial score (nSPS) is 25.6. The first kappa shape index (κ1) is 15.5. The molecule has 5 nitrogen and oxygen atoms in total. The molecule has 2 heterocycles. The quantitative estimate of drug-likeness (QED) is 0.918. The van der Waals surface area contributed by atoms with Crippen molar-refractivity contribution in [2.45, 2.75) is 25.2 Å². The second-order valence-electron chi connectivity index (χ2n) is 6.60. The minimum absolute atomic E-state index is 0.335. The summed E-state index contributed by atoms with van der Waals surface area (Å²) in [5, 5.41) is 0. The number of hydrogen-bond donors (Lipinski definition) is 1. The molecule has 2 aliphatic heterocycles. The van der Waals surface area contributed by atoms with E-state index in [1.165, 1.54) is 0 Å². The zero-order valence-corrected chi connectivity index (χ0v) is 13.9. The van der Waals surface area contributed by atoms with E-state index in [2.05, 4.69) is 28.5 Å². The molecular weight excluding hydrogens is 298 g/mol. The summed E-state index contributed by atoms with van der Waals surface area (Å²) < 4.78 is 26.6. The average Bonchev–Trinajstić information content (AvgIpc) is 2.99. The number of amidine groups is 1. The Hall–Kier alpha value is -1.40. The number of rotatable bonds is 4. The van der Waals surface area contributed by atoms with Gasteiger partial charge in [-0.1, -0.05) is 26.0 Å². The highest BCUT2D eigenvalue weighted by Crippen LogP contribution is 2.23. The van der Waals surface area contributed by atoms with Crippen molar-refractivity contribution in [1.29, 1.82) is 0 Å². The maximum atomic E-state index is 12.0. The first-order valence-corrected chi connectivity index (χ1v) is 9.33. The van der Waals surface area contributed by atoms with Gasteiger partial charge in [0, 0.05) is 25.2 Å². The topological polar surface area (TPSA) is 61.8 Å². The Bertz CT molecular complexity index is 682. The minimum atomic E-state index is -3.42. The van der Waals surface area contributed by atoms with Crippen molar-refractivity contribution in [2.24, 2.45) is 16.8 Å². The fourth-order valence-electron chi connectivity index (χ4n) is 3.22. The van der Waals surface area contributed by atoms with E-state index >= 15 is 0 Å². The molecule has 0 aliphatic carbocycles. The molecule has 1 fully saturated rings. The maximum absolute atomic E-state index is 12.0. The number of sulfonamides is 1. The van der Waals surface area contributed by atoms with Crippen LogP contribution in [-0.4, -0.2) is 45.3 Å². The van der Waals surface area contributed by atoms with Crippen LogP contribution in [0.3, 0.4) is 0 Å². The molecule has 1 N–H and O–H groups in total. The average molecular weight is 321 g/mol. The van der Waals surface area contributed by atoms with Gasteiger partial charge < -0.3 is 4.90 Å². The zero-order chi connectivity index (χ0) is 15.7. The second kappa shape index (κ2) is 6.01. The van der Waals surface area contributed by atoms with Crippen molar-refractivity contribution < 1.29 is 8.42 Å². The number of likely N-dealkylation sites (tertiary alicyclic amines) is 1. The van der Waals surface area contributed by atoms with Crippen LogP contribution in [0.15, 0.2) is 34.2 Å². The molecule has 0 amide bonds. The Labute approximate surface area is 132 Å². The first-order valence-electron chi connectivity index (χ1n) is 7.85. The molecule has 3 rings (SSSR count). The summed E-state index contributed by atoms with van der Waals surface area (Å²) in [6, 6.07) is 7.02. The molecule has 0 spiro atoms. The SMILES string of the molecule is CC(C)CN1CCC(CN=C2NS(=O)(=O)c3ccccc32)C1. The number of aliphatic imine (C=N–C) groups is 1. The Morgan fingerprint density at radius 3 is 2.91 bits per heavy atom. The summed E-state index contributed by atoms with van der Waals surface area (Å²) in [5.74, 6) is 1.69. The molecule has 0 saturated carbocycles. The Morgan fingerprint density at radius 2 is 2.14 bits per heavy atom. The first-order chi connectivity index (χ1) is 10.5. The summed E-state index contributed by atoms with van der Waals surface area (Å²) in [4.78, 5) is 7.36.